The maximum Gasteiger partial charge on any atom is 0.314 e. The van der Waals surface area contributed by atoms with Crippen LogP contribution < -0.4 is 0 Å². The average Bonchev–Trinajstić information content (AvgIpc) is 2.07. The topological polar surface area (TPSA) is 63.4 Å². The minimum atomic E-state index is -0.960. The molecule has 0 aliphatic heterocycles. The van der Waals surface area contributed by atoms with E-state index < -0.39 is 22.2 Å². The number of nitro benzene ring substituents is 1. The first-order valence-corrected chi connectivity index (χ1v) is 4.13. The molecule has 70 valence electrons. The molecule has 1 rings (SSSR count). The van der Waals surface area contributed by atoms with Crippen molar-refractivity contribution in [3.63, 3.8) is 0 Å². The summed E-state index contributed by atoms with van der Waals surface area (Å²) in [5.41, 5.74) is -0.728. The highest BCUT2D eigenvalue weighted by Gasteiger charge is 2.21. The number of hydrogen-bond acceptors (Lipinski definition) is 3. The number of halogens is 3. The SMILES string of the molecule is O=[N+]([O-])c1cc(F)c(Cl)c(Br)c1O. The molecule has 7 heteroatoms. The van der Waals surface area contributed by atoms with Gasteiger partial charge in [-0.2, -0.15) is 0 Å². The van der Waals surface area contributed by atoms with E-state index in [4.69, 9.17) is 16.7 Å². The summed E-state index contributed by atoms with van der Waals surface area (Å²) in [5, 5.41) is 19.0. The van der Waals surface area contributed by atoms with Crippen LogP contribution in [0.4, 0.5) is 10.1 Å². The molecule has 0 heterocycles. The third-order valence-electron chi connectivity index (χ3n) is 1.31. The summed E-state index contributed by atoms with van der Waals surface area (Å²) in [4.78, 5) is 9.35. The van der Waals surface area contributed by atoms with Crippen LogP contribution in [0.25, 0.3) is 0 Å². The van der Waals surface area contributed by atoms with Crippen LogP contribution >= 0.6 is 27.5 Å². The van der Waals surface area contributed by atoms with Gasteiger partial charge in [0.05, 0.1) is 20.5 Å². The predicted molar refractivity (Wildman–Crippen MR) is 47.4 cm³/mol. The van der Waals surface area contributed by atoms with Gasteiger partial charge in [0.1, 0.15) is 5.82 Å². The van der Waals surface area contributed by atoms with Gasteiger partial charge in [0.15, 0.2) is 0 Å². The number of nitro groups is 1. The van der Waals surface area contributed by atoms with Crippen LogP contribution in [0.2, 0.25) is 5.02 Å². The second kappa shape index (κ2) is 3.47. The molecule has 0 bridgehead atoms. The fraction of sp³-hybridized carbons (Fsp3) is 0. The molecule has 0 aliphatic carbocycles. The van der Waals surface area contributed by atoms with Crippen LogP contribution in [0.1, 0.15) is 0 Å². The van der Waals surface area contributed by atoms with Crippen molar-refractivity contribution < 1.29 is 14.4 Å². The number of rotatable bonds is 1. The van der Waals surface area contributed by atoms with Gasteiger partial charge in [0, 0.05) is 0 Å². The fourth-order valence-electron chi connectivity index (χ4n) is 0.712. The van der Waals surface area contributed by atoms with Crippen LogP contribution in [-0.2, 0) is 0 Å². The van der Waals surface area contributed by atoms with Gasteiger partial charge in [-0.3, -0.25) is 10.1 Å². The molecular formula is C6H2BrClFNO3. The third kappa shape index (κ3) is 1.73. The lowest BCUT2D eigenvalue weighted by Gasteiger charge is -2.01. The Kier molecular flexibility index (Phi) is 2.72. The van der Waals surface area contributed by atoms with Crippen molar-refractivity contribution in [2.75, 3.05) is 0 Å². The van der Waals surface area contributed by atoms with Crippen molar-refractivity contribution in [2.24, 2.45) is 0 Å². The van der Waals surface area contributed by atoms with Crippen molar-refractivity contribution in [3.05, 3.63) is 31.5 Å². The zero-order valence-electron chi connectivity index (χ0n) is 5.92. The molecule has 0 aliphatic rings. The van der Waals surface area contributed by atoms with Gasteiger partial charge in [-0.05, 0) is 15.9 Å². The van der Waals surface area contributed by atoms with Crippen LogP contribution in [0, 0.1) is 15.9 Å². The summed E-state index contributed by atoms with van der Waals surface area (Å²) in [7, 11) is 0. The molecule has 1 N–H and O–H groups in total. The first-order valence-electron chi connectivity index (χ1n) is 2.96. The van der Waals surface area contributed by atoms with Crippen LogP contribution in [0.3, 0.4) is 0 Å². The van der Waals surface area contributed by atoms with E-state index in [1.807, 2.05) is 0 Å². The van der Waals surface area contributed by atoms with E-state index in [2.05, 4.69) is 15.9 Å². The summed E-state index contributed by atoms with van der Waals surface area (Å²) >= 11 is 8.08. The first kappa shape index (κ1) is 10.2. The lowest BCUT2D eigenvalue weighted by Crippen LogP contribution is -1.91. The molecule has 0 fully saturated rings. The molecule has 0 saturated heterocycles. The highest BCUT2D eigenvalue weighted by Crippen LogP contribution is 2.40. The Morgan fingerprint density at radius 3 is 2.69 bits per heavy atom. The van der Waals surface area contributed by atoms with Gasteiger partial charge in [0.2, 0.25) is 5.75 Å². The van der Waals surface area contributed by atoms with Gasteiger partial charge >= 0.3 is 5.69 Å². The molecule has 0 saturated carbocycles. The fourth-order valence-corrected chi connectivity index (χ4v) is 1.25. The number of phenolic OH excluding ortho intramolecular Hbond substituents is 1. The Morgan fingerprint density at radius 2 is 2.23 bits per heavy atom. The van der Waals surface area contributed by atoms with E-state index in [9.17, 15) is 14.5 Å². The Balaban J connectivity index is 3.50. The summed E-state index contributed by atoms with van der Waals surface area (Å²) in [6.07, 6.45) is 0. The Bertz CT molecular complexity index is 385. The molecule has 1 aromatic rings. The summed E-state index contributed by atoms with van der Waals surface area (Å²) < 4.78 is 12.6. The van der Waals surface area contributed by atoms with Crippen molar-refractivity contribution in [1.29, 1.82) is 0 Å². The zero-order valence-corrected chi connectivity index (χ0v) is 8.26. The molecular weight excluding hydrogens is 268 g/mol. The van der Waals surface area contributed by atoms with E-state index in [-0.39, 0.29) is 9.50 Å². The maximum absolute atomic E-state index is 12.8. The van der Waals surface area contributed by atoms with E-state index in [0.717, 1.165) is 0 Å². The van der Waals surface area contributed by atoms with E-state index in [1.165, 1.54) is 0 Å². The van der Waals surface area contributed by atoms with Crippen LogP contribution in [0.5, 0.6) is 5.75 Å². The van der Waals surface area contributed by atoms with Gasteiger partial charge in [-0.1, -0.05) is 11.6 Å². The smallest absolute Gasteiger partial charge is 0.314 e. The van der Waals surface area contributed by atoms with Gasteiger partial charge in [-0.25, -0.2) is 4.39 Å². The molecule has 0 radical (unpaired) electrons. The highest BCUT2D eigenvalue weighted by molar-refractivity contribution is 9.10. The third-order valence-corrected chi connectivity index (χ3v) is 2.68. The molecule has 0 spiro atoms. The molecule has 0 amide bonds. The minimum absolute atomic E-state index is 0.221. The van der Waals surface area contributed by atoms with Crippen molar-refractivity contribution in [3.8, 4) is 5.75 Å². The second-order valence-electron chi connectivity index (χ2n) is 2.11. The zero-order chi connectivity index (χ0) is 10.2. The molecule has 13 heavy (non-hydrogen) atoms. The summed E-state index contributed by atoms with van der Waals surface area (Å²) in [6, 6.07) is 0.558. The lowest BCUT2D eigenvalue weighted by atomic mass is 10.3. The monoisotopic (exact) mass is 269 g/mol. The lowest BCUT2D eigenvalue weighted by molar-refractivity contribution is -0.386. The van der Waals surface area contributed by atoms with E-state index in [1.54, 1.807) is 0 Å². The number of nitrogens with zero attached hydrogens (tertiary/aromatic N) is 1. The van der Waals surface area contributed by atoms with Gasteiger partial charge < -0.3 is 5.11 Å². The standard InChI is InChI=1S/C6H2BrClFNO3/c7-4-5(8)2(9)1-3(6(4)11)10(12)13/h1,11H. The molecule has 0 aromatic heterocycles. The van der Waals surface area contributed by atoms with Crippen molar-refractivity contribution >= 4 is 33.2 Å². The maximum atomic E-state index is 12.8. The number of phenols is 1. The number of hydrogen-bond donors (Lipinski definition) is 1. The predicted octanol–water partition coefficient (Wildman–Crippen LogP) is 2.86. The Morgan fingerprint density at radius 1 is 1.69 bits per heavy atom. The average molecular weight is 270 g/mol. The number of benzene rings is 1. The highest BCUT2D eigenvalue weighted by atomic mass is 79.9. The Labute approximate surface area is 85.2 Å². The second-order valence-corrected chi connectivity index (χ2v) is 3.28. The first-order chi connectivity index (χ1) is 5.95. The molecule has 4 nitrogen and oxygen atoms in total. The van der Waals surface area contributed by atoms with Gasteiger partial charge in [-0.15, -0.1) is 0 Å². The normalized spacial score (nSPS) is 10.1. The van der Waals surface area contributed by atoms with Crippen LogP contribution in [-0.4, -0.2) is 10.0 Å². The van der Waals surface area contributed by atoms with Crippen molar-refractivity contribution in [1.82, 2.24) is 0 Å². The Hall–Kier alpha value is -0.880. The quantitative estimate of drug-likeness (QED) is 0.485. The summed E-state index contributed by atoms with van der Waals surface area (Å²) in [6.45, 7) is 0. The van der Waals surface area contributed by atoms with E-state index in [0.29, 0.717) is 6.07 Å². The van der Waals surface area contributed by atoms with Gasteiger partial charge in [0.25, 0.3) is 0 Å². The molecule has 0 unspecified atom stereocenters. The largest absolute Gasteiger partial charge is 0.501 e. The van der Waals surface area contributed by atoms with E-state index >= 15 is 0 Å². The van der Waals surface area contributed by atoms with Crippen LogP contribution in [0.15, 0.2) is 10.5 Å². The summed E-state index contributed by atoms with van der Waals surface area (Å²) in [5.74, 6) is -1.64. The molecule has 1 aromatic carbocycles. The minimum Gasteiger partial charge on any atom is -0.501 e. The number of aromatic hydroxyl groups is 1. The van der Waals surface area contributed by atoms with Crippen molar-refractivity contribution in [2.45, 2.75) is 0 Å². The molecule has 0 atom stereocenters.